The number of hydrogen-bond donors (Lipinski definition) is 2. The van der Waals surface area contributed by atoms with Crippen molar-refractivity contribution in [2.24, 2.45) is 0 Å². The second-order valence-electron chi connectivity index (χ2n) is 4.79. The Morgan fingerprint density at radius 3 is 2.71 bits per heavy atom. The number of hydrogen-bond acceptors (Lipinski definition) is 4. The lowest BCUT2D eigenvalue weighted by Gasteiger charge is -2.07. The summed E-state index contributed by atoms with van der Waals surface area (Å²) in [5.74, 6) is -0.262. The van der Waals surface area contributed by atoms with Crippen molar-refractivity contribution in [2.45, 2.75) is 18.9 Å². The van der Waals surface area contributed by atoms with Crippen LogP contribution in [0.2, 0.25) is 5.02 Å². The summed E-state index contributed by atoms with van der Waals surface area (Å²) in [5, 5.41) is 5.79. The Bertz CT molecular complexity index is 673. The van der Waals surface area contributed by atoms with Gasteiger partial charge in [-0.05, 0) is 31.0 Å². The number of nitrogens with one attached hydrogen (secondary N) is 2. The molecular weight excluding hydrogens is 295 g/mol. The van der Waals surface area contributed by atoms with E-state index in [9.17, 15) is 9.18 Å². The normalized spacial score (nSPS) is 13.8. The van der Waals surface area contributed by atoms with Gasteiger partial charge in [-0.15, -0.1) is 0 Å². The summed E-state index contributed by atoms with van der Waals surface area (Å²) in [4.78, 5) is 19.9. The molecule has 0 unspecified atom stereocenters. The van der Waals surface area contributed by atoms with Crippen LogP contribution < -0.4 is 10.6 Å². The van der Waals surface area contributed by atoms with Crippen LogP contribution in [-0.2, 0) is 0 Å². The number of amides is 1. The molecule has 2 N–H and O–H groups in total. The Morgan fingerprint density at radius 1 is 1.29 bits per heavy atom. The molecule has 2 aromatic rings. The fraction of sp³-hybridized carbons (Fsp3) is 0.214. The molecule has 1 amide bonds. The van der Waals surface area contributed by atoms with Crippen LogP contribution in [0.5, 0.6) is 0 Å². The number of benzene rings is 1. The largest absolute Gasteiger partial charge is 0.348 e. The third-order valence-corrected chi connectivity index (χ3v) is 3.28. The lowest BCUT2D eigenvalue weighted by Crippen LogP contribution is -2.26. The van der Waals surface area contributed by atoms with Crippen molar-refractivity contribution in [3.63, 3.8) is 0 Å². The average Bonchev–Trinajstić information content (AvgIpc) is 3.28. The summed E-state index contributed by atoms with van der Waals surface area (Å²) in [6.07, 6.45) is 4.87. The third-order valence-electron chi connectivity index (χ3n) is 2.99. The van der Waals surface area contributed by atoms with E-state index in [4.69, 9.17) is 11.6 Å². The van der Waals surface area contributed by atoms with E-state index in [0.717, 1.165) is 12.8 Å². The van der Waals surface area contributed by atoms with Crippen LogP contribution in [0.25, 0.3) is 0 Å². The number of anilines is 2. The summed E-state index contributed by atoms with van der Waals surface area (Å²) >= 11 is 5.70. The first-order valence-electron chi connectivity index (χ1n) is 6.47. The second kappa shape index (κ2) is 5.65. The Hall–Kier alpha value is -2.21. The molecule has 1 aliphatic carbocycles. The van der Waals surface area contributed by atoms with Gasteiger partial charge in [-0.25, -0.2) is 14.4 Å². The molecule has 108 valence electrons. The standard InChI is InChI=1S/C14H12ClFN4O/c15-10-5-9(3-4-11(10)16)19-13-7-17-12(6-18-13)14(21)20-8-1-2-8/h3-8H,1-2H2,(H,18,19)(H,20,21). The van der Waals surface area contributed by atoms with Crippen LogP contribution in [-0.4, -0.2) is 21.9 Å². The van der Waals surface area contributed by atoms with E-state index < -0.39 is 5.82 Å². The topological polar surface area (TPSA) is 66.9 Å². The van der Waals surface area contributed by atoms with E-state index >= 15 is 0 Å². The van der Waals surface area contributed by atoms with Gasteiger partial charge in [0.2, 0.25) is 0 Å². The van der Waals surface area contributed by atoms with E-state index in [1.54, 1.807) is 0 Å². The summed E-state index contributed by atoms with van der Waals surface area (Å²) in [6, 6.07) is 4.52. The molecule has 0 radical (unpaired) electrons. The molecule has 5 nitrogen and oxygen atoms in total. The zero-order valence-electron chi connectivity index (χ0n) is 10.9. The van der Waals surface area contributed by atoms with Crippen LogP contribution in [0.4, 0.5) is 15.9 Å². The molecule has 1 aromatic carbocycles. The van der Waals surface area contributed by atoms with Crippen LogP contribution >= 0.6 is 11.6 Å². The highest BCUT2D eigenvalue weighted by atomic mass is 35.5. The molecule has 1 fully saturated rings. The number of nitrogens with zero attached hydrogens (tertiary/aromatic N) is 2. The first kappa shape index (κ1) is 13.8. The van der Waals surface area contributed by atoms with Crippen molar-refractivity contribution in [2.75, 3.05) is 5.32 Å². The van der Waals surface area contributed by atoms with Crippen molar-refractivity contribution in [1.82, 2.24) is 15.3 Å². The molecule has 0 atom stereocenters. The quantitative estimate of drug-likeness (QED) is 0.911. The maximum Gasteiger partial charge on any atom is 0.271 e. The van der Waals surface area contributed by atoms with Crippen molar-refractivity contribution >= 4 is 29.0 Å². The van der Waals surface area contributed by atoms with E-state index in [1.807, 2.05) is 0 Å². The summed E-state index contributed by atoms with van der Waals surface area (Å²) in [6.45, 7) is 0. The summed E-state index contributed by atoms with van der Waals surface area (Å²) < 4.78 is 13.1. The van der Waals surface area contributed by atoms with Crippen molar-refractivity contribution in [3.8, 4) is 0 Å². The van der Waals surface area contributed by atoms with Gasteiger partial charge in [-0.3, -0.25) is 4.79 Å². The molecule has 1 saturated carbocycles. The van der Waals surface area contributed by atoms with E-state index in [-0.39, 0.29) is 22.7 Å². The molecule has 21 heavy (non-hydrogen) atoms. The molecule has 0 spiro atoms. The van der Waals surface area contributed by atoms with Gasteiger partial charge in [0.1, 0.15) is 17.3 Å². The van der Waals surface area contributed by atoms with Gasteiger partial charge in [-0.2, -0.15) is 0 Å². The van der Waals surface area contributed by atoms with E-state index in [0.29, 0.717) is 11.5 Å². The first-order chi connectivity index (χ1) is 10.1. The highest BCUT2D eigenvalue weighted by Crippen LogP contribution is 2.22. The fourth-order valence-corrected chi connectivity index (χ4v) is 1.90. The minimum atomic E-state index is -0.486. The molecule has 1 heterocycles. The van der Waals surface area contributed by atoms with Gasteiger partial charge >= 0.3 is 0 Å². The van der Waals surface area contributed by atoms with Gasteiger partial charge in [-0.1, -0.05) is 11.6 Å². The minimum Gasteiger partial charge on any atom is -0.348 e. The zero-order valence-corrected chi connectivity index (χ0v) is 11.7. The number of aromatic nitrogens is 2. The fourth-order valence-electron chi connectivity index (χ4n) is 1.72. The third kappa shape index (κ3) is 3.46. The Morgan fingerprint density at radius 2 is 2.10 bits per heavy atom. The smallest absolute Gasteiger partial charge is 0.271 e. The maximum absolute atomic E-state index is 13.1. The number of halogens is 2. The highest BCUT2D eigenvalue weighted by Gasteiger charge is 2.24. The molecule has 1 aromatic heterocycles. The SMILES string of the molecule is O=C(NC1CC1)c1cnc(Nc2ccc(F)c(Cl)c2)cn1. The monoisotopic (exact) mass is 306 g/mol. The van der Waals surface area contributed by atoms with E-state index in [2.05, 4.69) is 20.6 Å². The molecule has 0 aliphatic heterocycles. The molecule has 1 aliphatic rings. The molecule has 0 bridgehead atoms. The van der Waals surface area contributed by atoms with Crippen LogP contribution in [0, 0.1) is 5.82 Å². The lowest BCUT2D eigenvalue weighted by molar-refractivity contribution is 0.0945. The van der Waals surface area contributed by atoms with Gasteiger partial charge in [0.25, 0.3) is 5.91 Å². The minimum absolute atomic E-state index is 0.0217. The van der Waals surface area contributed by atoms with E-state index in [1.165, 1.54) is 30.6 Å². The van der Waals surface area contributed by atoms with Crippen LogP contribution in [0.3, 0.4) is 0 Å². The Kier molecular flexibility index (Phi) is 3.70. The Labute approximate surface area is 125 Å². The molecule has 7 heteroatoms. The summed E-state index contributed by atoms with van der Waals surface area (Å²) in [5.41, 5.74) is 0.857. The van der Waals surface area contributed by atoms with Gasteiger partial charge in [0.05, 0.1) is 17.4 Å². The predicted octanol–water partition coefficient (Wildman–Crippen LogP) is 2.90. The zero-order chi connectivity index (χ0) is 14.8. The van der Waals surface area contributed by atoms with Crippen molar-refractivity contribution in [3.05, 3.63) is 47.1 Å². The second-order valence-corrected chi connectivity index (χ2v) is 5.20. The predicted molar refractivity (Wildman–Crippen MR) is 77.2 cm³/mol. The number of rotatable bonds is 4. The average molecular weight is 307 g/mol. The summed E-state index contributed by atoms with van der Waals surface area (Å²) in [7, 11) is 0. The van der Waals surface area contributed by atoms with Gasteiger partial charge in [0.15, 0.2) is 0 Å². The molecule has 3 rings (SSSR count). The van der Waals surface area contributed by atoms with Crippen molar-refractivity contribution < 1.29 is 9.18 Å². The first-order valence-corrected chi connectivity index (χ1v) is 6.84. The van der Waals surface area contributed by atoms with Gasteiger partial charge in [0, 0.05) is 11.7 Å². The Balaban J connectivity index is 1.68. The van der Waals surface area contributed by atoms with Crippen LogP contribution in [0.1, 0.15) is 23.3 Å². The molecule has 0 saturated heterocycles. The maximum atomic E-state index is 13.1. The van der Waals surface area contributed by atoms with Gasteiger partial charge < -0.3 is 10.6 Å². The lowest BCUT2D eigenvalue weighted by atomic mass is 10.3. The van der Waals surface area contributed by atoms with Crippen molar-refractivity contribution in [1.29, 1.82) is 0 Å². The molecular formula is C14H12ClFN4O. The number of carbonyl (C=O) groups is 1. The highest BCUT2D eigenvalue weighted by molar-refractivity contribution is 6.31. The van der Waals surface area contributed by atoms with Crippen LogP contribution in [0.15, 0.2) is 30.6 Å². The number of carbonyl (C=O) groups excluding carboxylic acids is 1.